The Labute approximate surface area is 161 Å². The summed E-state index contributed by atoms with van der Waals surface area (Å²) in [5.74, 6) is -0.193. The predicted octanol–water partition coefficient (Wildman–Crippen LogP) is 4.42. The summed E-state index contributed by atoms with van der Waals surface area (Å²) in [5.41, 5.74) is 6.08. The van der Waals surface area contributed by atoms with E-state index in [1.54, 1.807) is 16.7 Å². The molecule has 0 atom stereocenters. The summed E-state index contributed by atoms with van der Waals surface area (Å²) in [5, 5.41) is 1.15. The van der Waals surface area contributed by atoms with Gasteiger partial charge < -0.3 is 9.72 Å². The number of ether oxygens (including phenoxy) is 1. The number of pyridine rings is 2. The van der Waals surface area contributed by atoms with Gasteiger partial charge in [0.1, 0.15) is 5.56 Å². The van der Waals surface area contributed by atoms with Gasteiger partial charge in [-0.15, -0.1) is 0 Å². The minimum atomic E-state index is -0.582. The number of carbonyl (C=O) groups excluding carboxylic acids is 1. The molecule has 140 valence electrons. The van der Waals surface area contributed by atoms with E-state index >= 15 is 0 Å². The Hall–Kier alpha value is -3.34. The Morgan fingerprint density at radius 2 is 2.00 bits per heavy atom. The first-order chi connectivity index (χ1) is 13.6. The van der Waals surface area contributed by atoms with Crippen LogP contribution in [0.15, 0.2) is 53.6 Å². The van der Waals surface area contributed by atoms with E-state index in [2.05, 4.69) is 36.2 Å². The van der Waals surface area contributed by atoms with Crippen LogP contribution in [0.4, 0.5) is 0 Å². The molecular formula is C23H20N2O3. The van der Waals surface area contributed by atoms with Crippen molar-refractivity contribution in [3.05, 3.63) is 75.8 Å². The number of rotatable bonds is 3. The van der Waals surface area contributed by atoms with E-state index < -0.39 is 5.97 Å². The number of aromatic nitrogens is 2. The second kappa shape index (κ2) is 6.09. The van der Waals surface area contributed by atoms with Crippen molar-refractivity contribution in [2.45, 2.75) is 25.7 Å². The first-order valence-electron chi connectivity index (χ1n) is 9.43. The van der Waals surface area contributed by atoms with Gasteiger partial charge in [0, 0.05) is 17.9 Å². The SMILES string of the molecule is COC(=O)c1cc(C2CC2)c2c(C)c(-c3ccc4[nH]ccc4c3)ccn2c1=O. The van der Waals surface area contributed by atoms with Crippen molar-refractivity contribution in [3.8, 4) is 11.1 Å². The van der Waals surface area contributed by atoms with Gasteiger partial charge in [0.15, 0.2) is 0 Å². The molecule has 3 aromatic heterocycles. The fourth-order valence-corrected chi connectivity index (χ4v) is 4.09. The van der Waals surface area contributed by atoms with Crippen LogP contribution in [0, 0.1) is 6.92 Å². The first-order valence-corrected chi connectivity index (χ1v) is 9.43. The van der Waals surface area contributed by atoms with Gasteiger partial charge in [0.2, 0.25) is 0 Å². The zero-order valence-corrected chi connectivity index (χ0v) is 15.8. The van der Waals surface area contributed by atoms with Crippen LogP contribution in [0.5, 0.6) is 0 Å². The summed E-state index contributed by atoms with van der Waals surface area (Å²) < 4.78 is 6.43. The molecule has 1 aromatic carbocycles. The molecule has 0 amide bonds. The molecule has 1 fully saturated rings. The number of carbonyl (C=O) groups is 1. The molecule has 5 nitrogen and oxygen atoms in total. The van der Waals surface area contributed by atoms with Gasteiger partial charge in [0.05, 0.1) is 12.6 Å². The number of nitrogens with zero attached hydrogens (tertiary/aromatic N) is 1. The third kappa shape index (κ3) is 2.47. The van der Waals surface area contributed by atoms with E-state index in [1.165, 1.54) is 7.11 Å². The maximum atomic E-state index is 12.9. The van der Waals surface area contributed by atoms with E-state index in [0.717, 1.165) is 51.5 Å². The van der Waals surface area contributed by atoms with Crippen molar-refractivity contribution < 1.29 is 9.53 Å². The molecule has 5 heteroatoms. The highest BCUT2D eigenvalue weighted by molar-refractivity contribution is 5.91. The Kier molecular flexibility index (Phi) is 3.66. The number of methoxy groups -OCH3 is 1. The van der Waals surface area contributed by atoms with Gasteiger partial charge in [-0.1, -0.05) is 6.07 Å². The smallest absolute Gasteiger partial charge is 0.343 e. The zero-order valence-electron chi connectivity index (χ0n) is 15.8. The van der Waals surface area contributed by atoms with Crippen LogP contribution >= 0.6 is 0 Å². The third-order valence-electron chi connectivity index (χ3n) is 5.70. The summed E-state index contributed by atoms with van der Waals surface area (Å²) >= 11 is 0. The number of esters is 1. The highest BCUT2D eigenvalue weighted by Crippen LogP contribution is 2.43. The van der Waals surface area contributed by atoms with E-state index in [4.69, 9.17) is 4.74 Å². The third-order valence-corrected chi connectivity index (χ3v) is 5.70. The molecule has 0 radical (unpaired) electrons. The second-order valence-corrected chi connectivity index (χ2v) is 7.44. The summed E-state index contributed by atoms with van der Waals surface area (Å²) in [6, 6.07) is 12.1. The number of aryl methyl sites for hydroxylation is 1. The molecule has 0 saturated heterocycles. The van der Waals surface area contributed by atoms with Crippen LogP contribution in [-0.4, -0.2) is 22.5 Å². The topological polar surface area (TPSA) is 63.6 Å². The maximum Gasteiger partial charge on any atom is 0.343 e. The quantitative estimate of drug-likeness (QED) is 0.542. The predicted molar refractivity (Wildman–Crippen MR) is 109 cm³/mol. The lowest BCUT2D eigenvalue weighted by Gasteiger charge is -2.16. The first kappa shape index (κ1) is 16.8. The summed E-state index contributed by atoms with van der Waals surface area (Å²) in [6.45, 7) is 2.05. The number of nitrogens with one attached hydrogen (secondary N) is 1. The molecule has 0 bridgehead atoms. The molecule has 3 heterocycles. The fourth-order valence-electron chi connectivity index (χ4n) is 4.09. The highest BCUT2D eigenvalue weighted by atomic mass is 16.5. The lowest BCUT2D eigenvalue weighted by Crippen LogP contribution is -2.24. The van der Waals surface area contributed by atoms with Crippen LogP contribution in [0.2, 0.25) is 0 Å². The van der Waals surface area contributed by atoms with E-state index in [-0.39, 0.29) is 11.1 Å². The van der Waals surface area contributed by atoms with Gasteiger partial charge in [-0.3, -0.25) is 9.20 Å². The molecule has 0 aliphatic heterocycles. The van der Waals surface area contributed by atoms with Crippen molar-refractivity contribution in [3.63, 3.8) is 0 Å². The molecule has 0 spiro atoms. The molecule has 1 N–H and O–H groups in total. The second-order valence-electron chi connectivity index (χ2n) is 7.44. The minimum Gasteiger partial charge on any atom is -0.465 e. The number of benzene rings is 1. The number of H-pyrrole nitrogens is 1. The molecule has 0 unspecified atom stereocenters. The van der Waals surface area contributed by atoms with Crippen LogP contribution in [-0.2, 0) is 4.74 Å². The van der Waals surface area contributed by atoms with Crippen LogP contribution in [0.25, 0.3) is 27.5 Å². The van der Waals surface area contributed by atoms with Gasteiger partial charge in [-0.25, -0.2) is 4.79 Å². The summed E-state index contributed by atoms with van der Waals surface area (Å²) in [7, 11) is 1.30. The Morgan fingerprint density at radius 3 is 2.75 bits per heavy atom. The zero-order chi connectivity index (χ0) is 19.4. The maximum absolute atomic E-state index is 12.9. The van der Waals surface area contributed by atoms with Crippen LogP contribution < -0.4 is 5.56 Å². The van der Waals surface area contributed by atoms with E-state index in [1.807, 2.05) is 12.3 Å². The average molecular weight is 372 g/mol. The van der Waals surface area contributed by atoms with Crippen molar-refractivity contribution in [1.29, 1.82) is 0 Å². The molecule has 4 aromatic rings. The van der Waals surface area contributed by atoms with Gasteiger partial charge >= 0.3 is 5.97 Å². The van der Waals surface area contributed by atoms with E-state index in [9.17, 15) is 9.59 Å². The van der Waals surface area contributed by atoms with Crippen molar-refractivity contribution >= 4 is 22.4 Å². The average Bonchev–Trinajstić information content (AvgIpc) is 3.44. The Balaban J connectivity index is 1.80. The van der Waals surface area contributed by atoms with Crippen molar-refractivity contribution in [1.82, 2.24) is 9.38 Å². The largest absolute Gasteiger partial charge is 0.465 e. The van der Waals surface area contributed by atoms with Gasteiger partial charge in [0.25, 0.3) is 5.56 Å². The Morgan fingerprint density at radius 1 is 1.18 bits per heavy atom. The van der Waals surface area contributed by atoms with Gasteiger partial charge in [-0.2, -0.15) is 0 Å². The number of aromatic amines is 1. The summed E-state index contributed by atoms with van der Waals surface area (Å²) in [6.07, 6.45) is 5.86. The summed E-state index contributed by atoms with van der Waals surface area (Å²) in [4.78, 5) is 28.2. The highest BCUT2D eigenvalue weighted by Gasteiger charge is 2.29. The standard InChI is InChI=1S/C23H20N2O3/c1-13-17(15-5-6-20-16(11-15)7-9-24-20)8-10-25-21(13)18(14-3-4-14)12-19(22(25)26)23(27)28-2/h5-12,14,24H,3-4H2,1-2H3. The van der Waals surface area contributed by atoms with Crippen molar-refractivity contribution in [2.75, 3.05) is 7.11 Å². The molecule has 1 saturated carbocycles. The monoisotopic (exact) mass is 372 g/mol. The van der Waals surface area contributed by atoms with E-state index in [0.29, 0.717) is 5.92 Å². The minimum absolute atomic E-state index is 0.0998. The van der Waals surface area contributed by atoms with Gasteiger partial charge in [-0.05, 0) is 83.7 Å². The molecule has 5 rings (SSSR count). The van der Waals surface area contributed by atoms with Crippen LogP contribution in [0.1, 0.15) is 40.2 Å². The molecular weight excluding hydrogens is 352 g/mol. The number of fused-ring (bicyclic) bond motifs is 2. The Bertz CT molecular complexity index is 1310. The number of hydrogen-bond donors (Lipinski definition) is 1. The molecule has 1 aliphatic rings. The van der Waals surface area contributed by atoms with Crippen molar-refractivity contribution in [2.24, 2.45) is 0 Å². The fraction of sp³-hybridized carbons (Fsp3) is 0.217. The molecule has 28 heavy (non-hydrogen) atoms. The normalized spacial score (nSPS) is 13.9. The lowest BCUT2D eigenvalue weighted by atomic mass is 9.96. The number of hydrogen-bond acceptors (Lipinski definition) is 3. The lowest BCUT2D eigenvalue weighted by molar-refractivity contribution is 0.0598. The molecule has 1 aliphatic carbocycles. The van der Waals surface area contributed by atoms with Crippen LogP contribution in [0.3, 0.4) is 0 Å².